The number of fused-ring (bicyclic) bond motifs is 1. The minimum atomic E-state index is 0.0713. The molecule has 1 aromatic rings. The first-order chi connectivity index (χ1) is 10.7. The fraction of sp³-hybridized carbons (Fsp3) is 0.611. The van der Waals surface area contributed by atoms with Gasteiger partial charge in [-0.2, -0.15) is 0 Å². The molecule has 0 saturated heterocycles. The monoisotopic (exact) mass is 301 g/mol. The van der Waals surface area contributed by atoms with Gasteiger partial charge in [0.1, 0.15) is 0 Å². The van der Waals surface area contributed by atoms with Crippen LogP contribution in [0.4, 0.5) is 16.2 Å². The molecular weight excluding hydrogens is 274 g/mol. The Morgan fingerprint density at radius 1 is 1.18 bits per heavy atom. The van der Waals surface area contributed by atoms with Gasteiger partial charge in [-0.1, -0.05) is 31.4 Å². The van der Waals surface area contributed by atoms with Gasteiger partial charge in [-0.3, -0.25) is 4.90 Å². The van der Waals surface area contributed by atoms with Crippen LogP contribution in [0.3, 0.4) is 0 Å². The molecule has 2 aliphatic rings. The molecule has 120 valence electrons. The fourth-order valence-corrected chi connectivity index (χ4v) is 3.81. The third kappa shape index (κ3) is 2.92. The van der Waals surface area contributed by atoms with Crippen LogP contribution < -0.4 is 15.1 Å². The highest BCUT2D eigenvalue weighted by atomic mass is 16.2. The number of likely N-dealkylation sites (N-methyl/N-ethyl adjacent to an activating group) is 1. The summed E-state index contributed by atoms with van der Waals surface area (Å²) in [5.41, 5.74) is 2.21. The number of carbonyl (C=O) groups excluding carboxylic acids is 1. The Bertz CT molecular complexity index is 525. The highest BCUT2D eigenvalue weighted by Crippen LogP contribution is 2.35. The van der Waals surface area contributed by atoms with Crippen molar-refractivity contribution in [1.29, 1.82) is 0 Å². The Hall–Kier alpha value is -1.71. The van der Waals surface area contributed by atoms with E-state index < -0.39 is 0 Å². The molecule has 0 bridgehead atoms. The maximum absolute atomic E-state index is 12.8. The Kier molecular flexibility index (Phi) is 4.55. The average molecular weight is 301 g/mol. The van der Waals surface area contributed by atoms with Gasteiger partial charge in [0.2, 0.25) is 0 Å². The summed E-state index contributed by atoms with van der Waals surface area (Å²) in [7, 11) is 0. The Morgan fingerprint density at radius 2 is 1.86 bits per heavy atom. The number of benzene rings is 1. The Balaban J connectivity index is 1.79. The van der Waals surface area contributed by atoms with E-state index in [4.69, 9.17) is 0 Å². The van der Waals surface area contributed by atoms with Gasteiger partial charge in [0.25, 0.3) is 0 Å². The molecule has 4 heteroatoms. The van der Waals surface area contributed by atoms with Crippen molar-refractivity contribution in [1.82, 2.24) is 5.32 Å². The SMILES string of the molecule is CCN1c2ccccc2N(C(=O)NC2CCCCC2)CC1C. The van der Waals surface area contributed by atoms with Crippen molar-refractivity contribution >= 4 is 17.4 Å². The molecule has 1 aliphatic carbocycles. The summed E-state index contributed by atoms with van der Waals surface area (Å²) in [5, 5.41) is 3.25. The van der Waals surface area contributed by atoms with Gasteiger partial charge in [-0.15, -0.1) is 0 Å². The summed E-state index contributed by atoms with van der Waals surface area (Å²) >= 11 is 0. The molecule has 2 amide bonds. The van der Waals surface area contributed by atoms with E-state index in [1.54, 1.807) is 0 Å². The fourth-order valence-electron chi connectivity index (χ4n) is 3.81. The zero-order valence-electron chi connectivity index (χ0n) is 13.7. The minimum Gasteiger partial charge on any atom is -0.366 e. The first-order valence-corrected chi connectivity index (χ1v) is 8.64. The lowest BCUT2D eigenvalue weighted by atomic mass is 9.95. The Morgan fingerprint density at radius 3 is 2.55 bits per heavy atom. The van der Waals surface area contributed by atoms with Crippen LogP contribution in [0.2, 0.25) is 0 Å². The molecule has 1 fully saturated rings. The number of nitrogens with zero attached hydrogens (tertiary/aromatic N) is 2. The molecule has 1 aromatic carbocycles. The lowest BCUT2D eigenvalue weighted by molar-refractivity contribution is 0.237. The first-order valence-electron chi connectivity index (χ1n) is 8.64. The topological polar surface area (TPSA) is 35.6 Å². The third-order valence-electron chi connectivity index (χ3n) is 4.98. The quantitative estimate of drug-likeness (QED) is 0.902. The molecule has 0 spiro atoms. The van der Waals surface area contributed by atoms with Crippen molar-refractivity contribution in [3.63, 3.8) is 0 Å². The van der Waals surface area contributed by atoms with Crippen LogP contribution in [-0.4, -0.2) is 31.2 Å². The number of urea groups is 1. The van der Waals surface area contributed by atoms with E-state index in [0.717, 1.165) is 31.6 Å². The third-order valence-corrected chi connectivity index (χ3v) is 4.98. The van der Waals surface area contributed by atoms with Gasteiger partial charge in [0, 0.05) is 25.2 Å². The van der Waals surface area contributed by atoms with E-state index in [2.05, 4.69) is 42.3 Å². The molecule has 3 rings (SSSR count). The number of para-hydroxylation sites is 2. The van der Waals surface area contributed by atoms with Crippen LogP contribution in [0.25, 0.3) is 0 Å². The maximum atomic E-state index is 12.8. The van der Waals surface area contributed by atoms with Crippen LogP contribution in [0.1, 0.15) is 46.0 Å². The van der Waals surface area contributed by atoms with Gasteiger partial charge in [-0.05, 0) is 38.8 Å². The van der Waals surface area contributed by atoms with Crippen LogP contribution in [0.5, 0.6) is 0 Å². The number of amides is 2. The summed E-state index contributed by atoms with van der Waals surface area (Å²) in [5.74, 6) is 0. The number of anilines is 2. The maximum Gasteiger partial charge on any atom is 0.322 e. The normalized spacial score (nSPS) is 22.4. The molecule has 1 N–H and O–H groups in total. The number of hydrogen-bond donors (Lipinski definition) is 1. The minimum absolute atomic E-state index is 0.0713. The van der Waals surface area contributed by atoms with E-state index >= 15 is 0 Å². The summed E-state index contributed by atoms with van der Waals surface area (Å²) in [6, 6.07) is 9.02. The predicted molar refractivity (Wildman–Crippen MR) is 91.7 cm³/mol. The van der Waals surface area contributed by atoms with Crippen molar-refractivity contribution in [2.24, 2.45) is 0 Å². The second-order valence-electron chi connectivity index (χ2n) is 6.52. The van der Waals surface area contributed by atoms with Gasteiger partial charge >= 0.3 is 6.03 Å². The molecule has 1 atom stereocenters. The van der Waals surface area contributed by atoms with Gasteiger partial charge in [-0.25, -0.2) is 4.79 Å². The Labute approximate surface area is 133 Å². The summed E-state index contributed by atoms with van der Waals surface area (Å²) < 4.78 is 0. The standard InChI is InChI=1S/C18H27N3O/c1-3-20-14(2)13-21(17-12-8-7-11-16(17)20)18(22)19-15-9-5-4-6-10-15/h7-8,11-12,14-15H,3-6,9-10,13H2,1-2H3,(H,19,22). The van der Waals surface area contributed by atoms with E-state index in [9.17, 15) is 4.79 Å². The lowest BCUT2D eigenvalue weighted by Gasteiger charge is -2.42. The van der Waals surface area contributed by atoms with E-state index in [-0.39, 0.29) is 6.03 Å². The van der Waals surface area contributed by atoms with Crippen LogP contribution in [-0.2, 0) is 0 Å². The first kappa shape index (κ1) is 15.2. The molecule has 1 saturated carbocycles. The van der Waals surface area contributed by atoms with Crippen molar-refractivity contribution in [2.45, 2.75) is 58.0 Å². The molecule has 1 aliphatic heterocycles. The second-order valence-corrected chi connectivity index (χ2v) is 6.52. The zero-order chi connectivity index (χ0) is 15.5. The molecular formula is C18H27N3O. The predicted octanol–water partition coefficient (Wildman–Crippen LogP) is 3.76. The van der Waals surface area contributed by atoms with Crippen LogP contribution in [0, 0.1) is 0 Å². The smallest absolute Gasteiger partial charge is 0.322 e. The van der Waals surface area contributed by atoms with E-state index in [1.165, 1.54) is 24.9 Å². The number of nitrogens with one attached hydrogen (secondary N) is 1. The van der Waals surface area contributed by atoms with Crippen LogP contribution >= 0.6 is 0 Å². The summed E-state index contributed by atoms with van der Waals surface area (Å²) in [4.78, 5) is 17.1. The molecule has 0 aromatic heterocycles. The van der Waals surface area contributed by atoms with Crippen molar-refractivity contribution in [2.75, 3.05) is 22.9 Å². The van der Waals surface area contributed by atoms with Gasteiger partial charge < -0.3 is 10.2 Å². The zero-order valence-corrected chi connectivity index (χ0v) is 13.7. The average Bonchev–Trinajstić information content (AvgIpc) is 2.55. The number of rotatable bonds is 2. The summed E-state index contributed by atoms with van der Waals surface area (Å²) in [6.45, 7) is 6.09. The molecule has 22 heavy (non-hydrogen) atoms. The van der Waals surface area contributed by atoms with Crippen molar-refractivity contribution in [3.05, 3.63) is 24.3 Å². The highest BCUT2D eigenvalue weighted by molar-refractivity contribution is 5.97. The largest absolute Gasteiger partial charge is 0.366 e. The van der Waals surface area contributed by atoms with Crippen molar-refractivity contribution in [3.8, 4) is 0 Å². The number of hydrogen-bond acceptors (Lipinski definition) is 2. The van der Waals surface area contributed by atoms with Crippen molar-refractivity contribution < 1.29 is 4.79 Å². The molecule has 1 unspecified atom stereocenters. The molecule has 0 radical (unpaired) electrons. The highest BCUT2D eigenvalue weighted by Gasteiger charge is 2.31. The van der Waals surface area contributed by atoms with Gasteiger partial charge in [0.05, 0.1) is 11.4 Å². The van der Waals surface area contributed by atoms with Gasteiger partial charge in [0.15, 0.2) is 0 Å². The number of carbonyl (C=O) groups is 1. The lowest BCUT2D eigenvalue weighted by Crippen LogP contribution is -2.54. The van der Waals surface area contributed by atoms with E-state index in [1.807, 2.05) is 11.0 Å². The summed E-state index contributed by atoms with van der Waals surface area (Å²) in [6.07, 6.45) is 6.03. The van der Waals surface area contributed by atoms with Crippen LogP contribution in [0.15, 0.2) is 24.3 Å². The molecule has 4 nitrogen and oxygen atoms in total. The second kappa shape index (κ2) is 6.59. The molecule has 1 heterocycles. The van der Waals surface area contributed by atoms with E-state index in [0.29, 0.717) is 12.1 Å².